The molecule has 11 nitrogen and oxygen atoms in total. The molecule has 6 atom stereocenters. The van der Waals surface area contributed by atoms with E-state index in [2.05, 4.69) is 14.8 Å². The number of carbonyl (C=O) groups is 2. The number of hydrogen-bond acceptors (Lipinski definition) is 11. The molecule has 2 aliphatic heterocycles. The number of Topliss-reactive ketones (excluding diaryl/α,β-unsaturated/α-hetero) is 2. The lowest BCUT2D eigenvalue weighted by atomic mass is 10.0. The number of ketones is 2. The zero-order valence-corrected chi connectivity index (χ0v) is 31.3. The van der Waals surface area contributed by atoms with E-state index in [0.29, 0.717) is 66.9 Å². The van der Waals surface area contributed by atoms with Gasteiger partial charge in [-0.1, -0.05) is 0 Å². The molecule has 0 radical (unpaired) electrons. The maximum absolute atomic E-state index is 14.4. The van der Waals surface area contributed by atoms with Crippen LogP contribution in [0, 0.1) is 35.3 Å². The van der Waals surface area contributed by atoms with Crippen molar-refractivity contribution >= 4 is 11.6 Å². The Kier molecular flexibility index (Phi) is 10.6. The second kappa shape index (κ2) is 15.7. The van der Waals surface area contributed by atoms with Gasteiger partial charge >= 0.3 is 0 Å². The minimum Gasteiger partial charge on any atom is -0.507 e. The van der Waals surface area contributed by atoms with Gasteiger partial charge in [-0.15, -0.1) is 0 Å². The van der Waals surface area contributed by atoms with Crippen molar-refractivity contribution in [2.75, 3.05) is 53.5 Å². The maximum Gasteiger partial charge on any atom is 0.195 e. The van der Waals surface area contributed by atoms with Gasteiger partial charge in [0.2, 0.25) is 0 Å². The monoisotopic (exact) mass is 769 g/mol. The Bertz CT molecular complexity index is 1960. The highest BCUT2D eigenvalue weighted by molar-refractivity contribution is 6.00. The maximum atomic E-state index is 14.4. The molecule has 2 unspecified atom stereocenters. The summed E-state index contributed by atoms with van der Waals surface area (Å²) in [6.45, 7) is 3.13. The van der Waals surface area contributed by atoms with Crippen molar-refractivity contribution in [1.82, 2.24) is 14.8 Å². The van der Waals surface area contributed by atoms with Gasteiger partial charge < -0.3 is 29.2 Å². The third-order valence-corrected chi connectivity index (χ3v) is 11.9. The number of hydrogen-bond donors (Lipinski definition) is 2. The standard InChI is InChI=1S/C43H45F2N3O8/c1-53-29-4-6-34(44)41(16-29)55-31-11-25-18-47(19-26(25)12-31)22-39(51)24-3-9-37(49)33(15-24)43-38(50)10-8-36(46-43)40(52)23-48-20-27-13-32(14-28(27)21-48)56-42-17-30(54-2)5-7-35(42)45/h3-10,15-17,25-28,31-32,49-50H,11-14,18-23H2,1-2H3/t25-,26+,27-,28+,31?,32?. The van der Waals surface area contributed by atoms with Crippen LogP contribution < -0.4 is 18.9 Å². The molecule has 56 heavy (non-hydrogen) atoms. The van der Waals surface area contributed by atoms with Crippen LogP contribution in [-0.2, 0) is 0 Å². The number of likely N-dealkylation sites (tertiary alicyclic amines) is 2. The Morgan fingerprint density at radius 3 is 1.64 bits per heavy atom. The number of benzene rings is 3. The fourth-order valence-electron chi connectivity index (χ4n) is 9.18. The van der Waals surface area contributed by atoms with Crippen LogP contribution in [-0.4, -0.2) is 102 Å². The molecule has 2 saturated heterocycles. The lowest BCUT2D eigenvalue weighted by Gasteiger charge is -2.20. The fraction of sp³-hybridized carbons (Fsp3) is 0.419. The average molecular weight is 770 g/mol. The predicted octanol–water partition coefficient (Wildman–Crippen LogP) is 6.40. The van der Waals surface area contributed by atoms with Crippen LogP contribution in [0.4, 0.5) is 8.78 Å². The van der Waals surface area contributed by atoms with Gasteiger partial charge in [0.15, 0.2) is 34.7 Å². The van der Waals surface area contributed by atoms with Crippen molar-refractivity contribution in [2.24, 2.45) is 23.7 Å². The molecule has 2 saturated carbocycles. The number of rotatable bonds is 13. The van der Waals surface area contributed by atoms with E-state index < -0.39 is 11.6 Å². The van der Waals surface area contributed by atoms with Crippen LogP contribution in [0.3, 0.4) is 0 Å². The van der Waals surface area contributed by atoms with Gasteiger partial charge in [0.25, 0.3) is 0 Å². The largest absolute Gasteiger partial charge is 0.507 e. The van der Waals surface area contributed by atoms with E-state index >= 15 is 0 Å². The third kappa shape index (κ3) is 7.88. The minimum atomic E-state index is -0.431. The summed E-state index contributed by atoms with van der Waals surface area (Å²) >= 11 is 0. The van der Waals surface area contributed by atoms with Gasteiger partial charge in [0, 0.05) is 49.4 Å². The molecule has 0 spiro atoms. The Hall–Kier alpha value is -5.27. The zero-order valence-electron chi connectivity index (χ0n) is 31.3. The lowest BCUT2D eigenvalue weighted by molar-refractivity contribution is 0.0925. The number of ether oxygens (including phenoxy) is 4. The topological polar surface area (TPSA) is 131 Å². The SMILES string of the molecule is COc1ccc(F)c(OC2C[C@@H]3CN(CC(=O)c4ccc(O)c(-c5nc(C(=O)CN6C[C@H]7CC(Oc8cc(OC)ccc8F)C[C@H]7C6)ccc5O)c4)C[C@@H]3C2)c1. The number of nitrogens with zero attached hydrogens (tertiary/aromatic N) is 3. The number of phenols is 1. The van der Waals surface area contributed by atoms with Crippen molar-refractivity contribution in [3.63, 3.8) is 0 Å². The molecule has 4 aliphatic rings. The van der Waals surface area contributed by atoms with Crippen LogP contribution in [0.2, 0.25) is 0 Å². The van der Waals surface area contributed by atoms with Crippen LogP contribution in [0.15, 0.2) is 66.7 Å². The van der Waals surface area contributed by atoms with Gasteiger partial charge in [-0.05, 0) is 104 Å². The summed E-state index contributed by atoms with van der Waals surface area (Å²) in [5.74, 6) is 1.03. The molecule has 4 aromatic rings. The zero-order chi connectivity index (χ0) is 39.1. The van der Waals surface area contributed by atoms with Crippen LogP contribution in [0.1, 0.15) is 46.5 Å². The highest BCUT2D eigenvalue weighted by Gasteiger charge is 2.44. The van der Waals surface area contributed by atoms with Gasteiger partial charge in [0.05, 0.1) is 39.5 Å². The van der Waals surface area contributed by atoms with E-state index in [1.165, 1.54) is 50.6 Å². The minimum absolute atomic E-state index is 0.0141. The molecule has 1 aromatic heterocycles. The number of fused-ring (bicyclic) bond motifs is 2. The molecule has 13 heteroatoms. The lowest BCUT2D eigenvalue weighted by Crippen LogP contribution is -2.30. The molecule has 4 fully saturated rings. The van der Waals surface area contributed by atoms with Gasteiger partial charge in [0.1, 0.15) is 34.4 Å². The summed E-state index contributed by atoms with van der Waals surface area (Å²) in [7, 11) is 3.05. The molecule has 3 heterocycles. The number of carbonyl (C=O) groups excluding carboxylic acids is 2. The molecule has 0 bridgehead atoms. The van der Waals surface area contributed by atoms with E-state index in [0.717, 1.165) is 25.7 Å². The fourth-order valence-corrected chi connectivity index (χ4v) is 9.18. The second-order valence-electron chi connectivity index (χ2n) is 15.6. The third-order valence-electron chi connectivity index (χ3n) is 11.9. The molecule has 2 N–H and O–H groups in total. The van der Waals surface area contributed by atoms with E-state index in [1.807, 2.05) is 0 Å². The Morgan fingerprint density at radius 1 is 0.661 bits per heavy atom. The molecule has 0 amide bonds. The summed E-state index contributed by atoms with van der Waals surface area (Å²) in [5, 5.41) is 21.6. The van der Waals surface area contributed by atoms with Gasteiger partial charge in [-0.3, -0.25) is 19.4 Å². The van der Waals surface area contributed by atoms with E-state index in [-0.39, 0.29) is 76.8 Å². The summed E-state index contributed by atoms with van der Waals surface area (Å²) < 4.78 is 51.2. The summed E-state index contributed by atoms with van der Waals surface area (Å²) in [4.78, 5) is 35.7. The molecule has 2 aliphatic carbocycles. The van der Waals surface area contributed by atoms with E-state index in [9.17, 15) is 28.6 Å². The quantitative estimate of drug-likeness (QED) is 0.147. The summed E-state index contributed by atoms with van der Waals surface area (Å²) in [6, 6.07) is 16.2. The number of aromatic nitrogens is 1. The van der Waals surface area contributed by atoms with Gasteiger partial charge in [-0.2, -0.15) is 0 Å². The van der Waals surface area contributed by atoms with E-state index in [1.54, 1.807) is 30.3 Å². The first-order valence-corrected chi connectivity index (χ1v) is 19.1. The Labute approximate surface area is 323 Å². The molecule has 8 rings (SSSR count). The van der Waals surface area contributed by atoms with Crippen molar-refractivity contribution in [1.29, 1.82) is 0 Å². The Balaban J connectivity index is 0.857. The predicted molar refractivity (Wildman–Crippen MR) is 202 cm³/mol. The van der Waals surface area contributed by atoms with Crippen molar-refractivity contribution < 1.29 is 47.5 Å². The number of phenolic OH excluding ortho intramolecular Hbond substituents is 1. The second-order valence-corrected chi connectivity index (χ2v) is 15.6. The number of methoxy groups -OCH3 is 2. The highest BCUT2D eigenvalue weighted by atomic mass is 19.1. The smallest absolute Gasteiger partial charge is 0.195 e. The number of pyridine rings is 1. The normalized spacial score (nSPS) is 24.5. The summed E-state index contributed by atoms with van der Waals surface area (Å²) in [6.07, 6.45) is 2.79. The summed E-state index contributed by atoms with van der Waals surface area (Å²) in [5.41, 5.74) is 0.656. The highest BCUT2D eigenvalue weighted by Crippen LogP contribution is 2.42. The van der Waals surface area contributed by atoms with E-state index in [4.69, 9.17) is 18.9 Å². The first-order valence-electron chi connectivity index (χ1n) is 19.1. The first-order chi connectivity index (χ1) is 27.0. The van der Waals surface area contributed by atoms with Crippen LogP contribution in [0.5, 0.6) is 34.5 Å². The van der Waals surface area contributed by atoms with Crippen LogP contribution in [0.25, 0.3) is 11.3 Å². The Morgan fingerprint density at radius 2 is 1.14 bits per heavy atom. The molecular formula is C43H45F2N3O8. The van der Waals surface area contributed by atoms with Crippen molar-refractivity contribution in [3.8, 4) is 45.8 Å². The first kappa shape index (κ1) is 37.6. The van der Waals surface area contributed by atoms with Crippen molar-refractivity contribution in [2.45, 2.75) is 37.9 Å². The molecule has 3 aromatic carbocycles. The van der Waals surface area contributed by atoms with Gasteiger partial charge in [-0.25, -0.2) is 13.8 Å². The average Bonchev–Trinajstić information content (AvgIpc) is 3.94. The number of halogens is 2. The number of aromatic hydroxyl groups is 2. The van der Waals surface area contributed by atoms with Crippen LogP contribution >= 0.6 is 0 Å². The molecular weight excluding hydrogens is 724 g/mol. The van der Waals surface area contributed by atoms with Crippen molar-refractivity contribution in [3.05, 3.63) is 89.6 Å². The molecule has 294 valence electrons.